The van der Waals surface area contributed by atoms with Crippen LogP contribution in [0.5, 0.6) is 5.88 Å². The van der Waals surface area contributed by atoms with E-state index in [0.29, 0.717) is 5.65 Å². The summed E-state index contributed by atoms with van der Waals surface area (Å²) < 4.78 is 6.93. The summed E-state index contributed by atoms with van der Waals surface area (Å²) in [6, 6.07) is 0. The summed E-state index contributed by atoms with van der Waals surface area (Å²) >= 11 is 0. The number of rotatable bonds is 1. The number of imidazole rings is 1. The second-order valence-corrected chi connectivity index (χ2v) is 4.23. The lowest BCUT2D eigenvalue weighted by atomic mass is 10.1. The van der Waals surface area contributed by atoms with Crippen molar-refractivity contribution in [1.29, 1.82) is 0 Å². The van der Waals surface area contributed by atoms with Gasteiger partial charge >= 0.3 is 0 Å². The van der Waals surface area contributed by atoms with Gasteiger partial charge in [0.1, 0.15) is 18.5 Å². The molecule has 4 atom stereocenters. The Kier molecular flexibility index (Phi) is 2.44. The van der Waals surface area contributed by atoms with Crippen LogP contribution in [0.3, 0.4) is 0 Å². The van der Waals surface area contributed by atoms with E-state index in [1.807, 2.05) is 0 Å². The minimum Gasteiger partial charge on any atom is -0.492 e. The molecule has 0 saturated carbocycles. The van der Waals surface area contributed by atoms with E-state index in [1.54, 1.807) is 6.92 Å². The van der Waals surface area contributed by atoms with Crippen molar-refractivity contribution in [2.75, 3.05) is 0 Å². The molecule has 0 radical (unpaired) electrons. The number of hydrogen-bond donors (Lipinski definition) is 3. The highest BCUT2D eigenvalue weighted by atomic mass is 16.6. The number of hydrogen-bond acceptors (Lipinski definition) is 7. The quantitative estimate of drug-likeness (QED) is 0.607. The first-order chi connectivity index (χ1) is 8.59. The van der Waals surface area contributed by atoms with Gasteiger partial charge in [-0.3, -0.25) is 4.57 Å². The van der Waals surface area contributed by atoms with Crippen molar-refractivity contribution in [2.24, 2.45) is 0 Å². The number of aliphatic hydroxyl groups is 2. The molecule has 2 aromatic heterocycles. The van der Waals surface area contributed by atoms with E-state index in [2.05, 4.69) is 15.0 Å². The van der Waals surface area contributed by atoms with E-state index in [4.69, 9.17) is 4.74 Å². The summed E-state index contributed by atoms with van der Waals surface area (Å²) in [4.78, 5) is 11.6. The predicted octanol–water partition coefficient (Wildman–Crippen LogP) is -0.829. The molecule has 0 bridgehead atoms. The third-order valence-corrected chi connectivity index (χ3v) is 3.09. The van der Waals surface area contributed by atoms with Crippen molar-refractivity contribution in [1.82, 2.24) is 19.5 Å². The van der Waals surface area contributed by atoms with Gasteiger partial charge in [0.2, 0.25) is 5.88 Å². The zero-order valence-electron chi connectivity index (χ0n) is 9.50. The lowest BCUT2D eigenvalue weighted by Crippen LogP contribution is -2.30. The second kappa shape index (κ2) is 3.87. The fraction of sp³-hybridized carbons (Fsp3) is 0.500. The van der Waals surface area contributed by atoms with Crippen molar-refractivity contribution in [2.45, 2.75) is 31.5 Å². The lowest BCUT2D eigenvalue weighted by molar-refractivity contribution is -0.0299. The average molecular weight is 252 g/mol. The van der Waals surface area contributed by atoms with Crippen LogP contribution in [0, 0.1) is 0 Å². The fourth-order valence-corrected chi connectivity index (χ4v) is 2.08. The van der Waals surface area contributed by atoms with Gasteiger partial charge < -0.3 is 20.1 Å². The molecule has 3 heterocycles. The molecule has 18 heavy (non-hydrogen) atoms. The standard InChI is InChI=1S/C10H12N4O4/c1-4-6(15)7(16)10(18-4)14-3-13-5-8(14)11-2-12-9(5)17/h2-4,6-7,10,15-16H,1H3,(H,11,12,17)/t4-,6?,7?,10-/m1/s1. The first kappa shape index (κ1) is 11.3. The highest BCUT2D eigenvalue weighted by Crippen LogP contribution is 2.31. The van der Waals surface area contributed by atoms with Crippen LogP contribution in [0.15, 0.2) is 12.7 Å². The maximum Gasteiger partial charge on any atom is 0.242 e. The number of ether oxygens (including phenoxy) is 1. The van der Waals surface area contributed by atoms with Crippen LogP contribution in [-0.4, -0.2) is 53.2 Å². The molecule has 1 aliphatic heterocycles. The van der Waals surface area contributed by atoms with Crippen molar-refractivity contribution in [3.63, 3.8) is 0 Å². The van der Waals surface area contributed by atoms with Gasteiger partial charge in [0.05, 0.1) is 12.4 Å². The van der Waals surface area contributed by atoms with Crippen LogP contribution in [0.2, 0.25) is 0 Å². The summed E-state index contributed by atoms with van der Waals surface area (Å²) in [6.45, 7) is 1.67. The SMILES string of the molecule is C[C@H]1O[C@@H](n2cnc3c(O)ncnc32)C(O)C1O. The number of aromatic nitrogens is 4. The lowest BCUT2D eigenvalue weighted by Gasteiger charge is -2.16. The maximum atomic E-state index is 9.90. The molecular weight excluding hydrogens is 240 g/mol. The van der Waals surface area contributed by atoms with Crippen LogP contribution < -0.4 is 0 Å². The Balaban J connectivity index is 2.08. The first-order valence-corrected chi connectivity index (χ1v) is 5.47. The molecule has 8 nitrogen and oxygen atoms in total. The molecule has 2 aromatic rings. The van der Waals surface area contributed by atoms with E-state index in [-0.39, 0.29) is 11.4 Å². The van der Waals surface area contributed by atoms with E-state index < -0.39 is 24.5 Å². The zero-order chi connectivity index (χ0) is 12.9. The minimum absolute atomic E-state index is 0.224. The van der Waals surface area contributed by atoms with Crippen LogP contribution in [0.4, 0.5) is 0 Å². The molecule has 2 unspecified atom stereocenters. The molecule has 0 spiro atoms. The molecule has 1 aliphatic rings. The third kappa shape index (κ3) is 1.47. The van der Waals surface area contributed by atoms with Gasteiger partial charge in [-0.1, -0.05) is 0 Å². The molecular formula is C10H12N4O4. The second-order valence-electron chi connectivity index (χ2n) is 4.23. The highest BCUT2D eigenvalue weighted by Gasteiger charge is 2.42. The summed E-state index contributed by atoms with van der Waals surface area (Å²) in [5, 5.41) is 29.1. The number of nitrogens with zero attached hydrogens (tertiary/aromatic N) is 4. The van der Waals surface area contributed by atoms with Crippen LogP contribution >= 0.6 is 0 Å². The number of fused-ring (bicyclic) bond motifs is 1. The van der Waals surface area contributed by atoms with E-state index >= 15 is 0 Å². The van der Waals surface area contributed by atoms with Crippen LogP contribution in [-0.2, 0) is 4.74 Å². The first-order valence-electron chi connectivity index (χ1n) is 5.47. The predicted molar refractivity (Wildman–Crippen MR) is 58.6 cm³/mol. The smallest absolute Gasteiger partial charge is 0.242 e. The highest BCUT2D eigenvalue weighted by molar-refractivity contribution is 5.75. The summed E-state index contributed by atoms with van der Waals surface area (Å²) in [5.41, 5.74) is 0.565. The van der Waals surface area contributed by atoms with E-state index in [9.17, 15) is 15.3 Å². The van der Waals surface area contributed by atoms with Gasteiger partial charge in [0, 0.05) is 0 Å². The van der Waals surface area contributed by atoms with Crippen LogP contribution in [0.25, 0.3) is 11.2 Å². The summed E-state index contributed by atoms with van der Waals surface area (Å²) in [6.07, 6.45) is -0.737. The normalized spacial score (nSPS) is 32.2. The maximum absolute atomic E-state index is 9.90. The Bertz CT molecular complexity index is 586. The number of aromatic hydroxyl groups is 1. The molecule has 0 aliphatic carbocycles. The molecule has 1 fully saturated rings. The molecule has 8 heteroatoms. The third-order valence-electron chi connectivity index (χ3n) is 3.09. The largest absolute Gasteiger partial charge is 0.492 e. The monoisotopic (exact) mass is 252 g/mol. The minimum atomic E-state index is -1.07. The Morgan fingerprint density at radius 3 is 2.67 bits per heavy atom. The Labute approximate surface area is 102 Å². The molecule has 3 N–H and O–H groups in total. The van der Waals surface area contributed by atoms with Crippen molar-refractivity contribution >= 4 is 11.2 Å². The van der Waals surface area contributed by atoms with Crippen LogP contribution in [0.1, 0.15) is 13.2 Å². The average Bonchev–Trinajstić information content (AvgIpc) is 2.88. The molecule has 3 rings (SSSR count). The van der Waals surface area contributed by atoms with Crippen molar-refractivity contribution < 1.29 is 20.1 Å². The van der Waals surface area contributed by atoms with Gasteiger partial charge in [-0.05, 0) is 6.92 Å². The zero-order valence-corrected chi connectivity index (χ0v) is 9.50. The van der Waals surface area contributed by atoms with E-state index in [1.165, 1.54) is 17.2 Å². The van der Waals surface area contributed by atoms with Gasteiger partial charge in [-0.2, -0.15) is 4.98 Å². The van der Waals surface area contributed by atoms with Crippen molar-refractivity contribution in [3.8, 4) is 5.88 Å². The van der Waals surface area contributed by atoms with Gasteiger partial charge in [-0.25, -0.2) is 9.97 Å². The van der Waals surface area contributed by atoms with Crippen molar-refractivity contribution in [3.05, 3.63) is 12.7 Å². The van der Waals surface area contributed by atoms with Gasteiger partial charge in [0.15, 0.2) is 17.4 Å². The summed E-state index contributed by atoms with van der Waals surface area (Å²) in [7, 11) is 0. The van der Waals surface area contributed by atoms with Gasteiger partial charge in [0.25, 0.3) is 0 Å². The number of aliphatic hydroxyl groups excluding tert-OH is 2. The Morgan fingerprint density at radius 2 is 2.00 bits per heavy atom. The topological polar surface area (TPSA) is 114 Å². The molecule has 0 aromatic carbocycles. The fourth-order valence-electron chi connectivity index (χ4n) is 2.08. The summed E-state index contributed by atoms with van der Waals surface area (Å²) in [5.74, 6) is -0.236. The van der Waals surface area contributed by atoms with Gasteiger partial charge in [-0.15, -0.1) is 0 Å². The Hall–Kier alpha value is -1.77. The molecule has 1 saturated heterocycles. The molecule has 0 amide bonds. The Morgan fingerprint density at radius 1 is 1.22 bits per heavy atom. The molecule has 96 valence electrons. The van der Waals surface area contributed by atoms with E-state index in [0.717, 1.165) is 0 Å².